The number of hydrogen-bond acceptors (Lipinski definition) is 5. The van der Waals surface area contributed by atoms with E-state index in [0.717, 1.165) is 39.8 Å². The number of nitro groups is 1. The summed E-state index contributed by atoms with van der Waals surface area (Å²) in [6.45, 7) is 0.599. The van der Waals surface area contributed by atoms with Crippen molar-refractivity contribution in [2.24, 2.45) is 5.92 Å². The van der Waals surface area contributed by atoms with Gasteiger partial charge in [0.2, 0.25) is 0 Å². The summed E-state index contributed by atoms with van der Waals surface area (Å²) in [7, 11) is 0. The van der Waals surface area contributed by atoms with Crippen LogP contribution >= 0.6 is 11.8 Å². The molecule has 0 amide bonds. The number of carbonyl (C=O) groups excluding carboxylic acids is 1. The lowest BCUT2D eigenvalue weighted by Gasteiger charge is -2.07. The van der Waals surface area contributed by atoms with Crippen molar-refractivity contribution in [1.29, 1.82) is 0 Å². The van der Waals surface area contributed by atoms with Crippen LogP contribution in [0.25, 0.3) is 10.9 Å². The summed E-state index contributed by atoms with van der Waals surface area (Å²) in [5.41, 5.74) is 2.79. The van der Waals surface area contributed by atoms with E-state index in [-0.39, 0.29) is 16.4 Å². The Kier molecular flexibility index (Phi) is 5.49. The maximum Gasteiger partial charge on any atom is 0.283 e. The molecule has 6 nitrogen and oxygen atoms in total. The van der Waals surface area contributed by atoms with Crippen LogP contribution in [0.4, 0.5) is 5.69 Å². The number of para-hydroxylation sites is 1. The molecule has 0 aliphatic heterocycles. The number of hydrogen-bond donors (Lipinski definition) is 0. The molecule has 1 aliphatic rings. The topological polar surface area (TPSA) is 78.0 Å². The van der Waals surface area contributed by atoms with E-state index in [9.17, 15) is 14.9 Å². The second-order valence-electron chi connectivity index (χ2n) is 8.11. The maximum absolute atomic E-state index is 12.7. The molecule has 2 aromatic carbocycles. The lowest BCUT2D eigenvalue weighted by Crippen LogP contribution is -2.02. The van der Waals surface area contributed by atoms with E-state index in [1.165, 1.54) is 17.8 Å². The molecule has 2 aromatic heterocycles. The van der Waals surface area contributed by atoms with Gasteiger partial charge < -0.3 is 4.57 Å². The van der Waals surface area contributed by atoms with E-state index in [4.69, 9.17) is 0 Å². The van der Waals surface area contributed by atoms with E-state index >= 15 is 0 Å². The quantitative estimate of drug-likeness (QED) is 0.186. The normalized spacial score (nSPS) is 13.4. The molecule has 1 aliphatic carbocycles. The fraction of sp³-hybridized carbons (Fsp3) is 0.200. The fourth-order valence-electron chi connectivity index (χ4n) is 3.85. The van der Waals surface area contributed by atoms with Gasteiger partial charge in [-0.2, -0.15) is 0 Å². The molecule has 1 saturated carbocycles. The summed E-state index contributed by atoms with van der Waals surface area (Å²) in [5.74, 6) is 0.710. The van der Waals surface area contributed by atoms with Gasteiger partial charge in [0.25, 0.3) is 5.69 Å². The number of nitrogens with zero attached hydrogens (tertiary/aromatic N) is 3. The van der Waals surface area contributed by atoms with Crippen molar-refractivity contribution in [2.75, 3.05) is 0 Å². The number of fused-ring (bicyclic) bond motifs is 1. The van der Waals surface area contributed by atoms with E-state index in [1.54, 1.807) is 24.4 Å². The van der Waals surface area contributed by atoms with Crippen LogP contribution in [0.2, 0.25) is 0 Å². The molecule has 5 rings (SSSR count). The highest BCUT2D eigenvalue weighted by molar-refractivity contribution is 7.99. The molecule has 0 radical (unpaired) electrons. The maximum atomic E-state index is 12.7. The number of pyridine rings is 1. The van der Waals surface area contributed by atoms with Crippen LogP contribution in [-0.2, 0) is 6.54 Å². The molecule has 2 heterocycles. The molecule has 0 bridgehead atoms. The number of ketones is 1. The first-order valence-electron chi connectivity index (χ1n) is 10.5. The van der Waals surface area contributed by atoms with Gasteiger partial charge in [0.05, 0.1) is 15.3 Å². The third-order valence-corrected chi connectivity index (χ3v) is 6.81. The van der Waals surface area contributed by atoms with Crippen molar-refractivity contribution in [3.63, 3.8) is 0 Å². The lowest BCUT2D eigenvalue weighted by atomic mass is 10.0. The van der Waals surface area contributed by atoms with Gasteiger partial charge in [0.15, 0.2) is 5.78 Å². The van der Waals surface area contributed by atoms with E-state index < -0.39 is 0 Å². The van der Waals surface area contributed by atoms with Crippen molar-refractivity contribution >= 4 is 34.1 Å². The predicted molar refractivity (Wildman–Crippen MR) is 124 cm³/mol. The third kappa shape index (κ3) is 4.29. The first kappa shape index (κ1) is 20.5. The summed E-state index contributed by atoms with van der Waals surface area (Å²) in [4.78, 5) is 29.6. The van der Waals surface area contributed by atoms with Crippen LogP contribution in [0.3, 0.4) is 0 Å². The monoisotopic (exact) mass is 443 g/mol. The molecule has 7 heteroatoms. The standard InChI is InChI=1S/C25H21N3O3S/c29-23(12-17-7-8-17)19-9-10-20-22(13-19)27(15-18-4-3-11-26-14-18)16-25(20)32-24-6-2-1-5-21(24)28(30)31/h1-6,9-11,13-14,16-17H,7-8,12,15H2. The van der Waals surface area contributed by atoms with Crippen molar-refractivity contribution in [3.8, 4) is 0 Å². The number of Topliss-reactive ketones (excluding diaryl/α,β-unsaturated/α-hetero) is 1. The van der Waals surface area contributed by atoms with Crippen LogP contribution < -0.4 is 0 Å². The van der Waals surface area contributed by atoms with Crippen LogP contribution in [0.15, 0.2) is 83.0 Å². The molecule has 32 heavy (non-hydrogen) atoms. The van der Waals surface area contributed by atoms with Crippen molar-refractivity contribution in [1.82, 2.24) is 9.55 Å². The predicted octanol–water partition coefficient (Wildman–Crippen LogP) is 6.13. The van der Waals surface area contributed by atoms with Gasteiger partial charge in [-0.3, -0.25) is 19.9 Å². The van der Waals surface area contributed by atoms with Crippen LogP contribution in [0.5, 0.6) is 0 Å². The molecular formula is C25H21N3O3S. The third-order valence-electron chi connectivity index (χ3n) is 5.70. The van der Waals surface area contributed by atoms with Crippen molar-refractivity contribution < 1.29 is 9.72 Å². The Balaban J connectivity index is 1.56. The largest absolute Gasteiger partial charge is 0.342 e. The van der Waals surface area contributed by atoms with Gasteiger partial charge >= 0.3 is 0 Å². The van der Waals surface area contributed by atoms with E-state index in [2.05, 4.69) is 9.55 Å². The van der Waals surface area contributed by atoms with Gasteiger partial charge in [0, 0.05) is 53.5 Å². The first-order valence-corrected chi connectivity index (χ1v) is 11.4. The summed E-state index contributed by atoms with van der Waals surface area (Å²) < 4.78 is 2.09. The van der Waals surface area contributed by atoms with E-state index in [1.807, 2.05) is 42.7 Å². The summed E-state index contributed by atoms with van der Waals surface area (Å²) in [5, 5.41) is 12.4. The van der Waals surface area contributed by atoms with Gasteiger partial charge in [-0.05, 0) is 42.5 Å². The second kappa shape index (κ2) is 8.59. The Labute approximate surface area is 189 Å². The number of carbonyl (C=O) groups is 1. The molecule has 0 N–H and O–H groups in total. The smallest absolute Gasteiger partial charge is 0.283 e. The zero-order valence-electron chi connectivity index (χ0n) is 17.3. The minimum absolute atomic E-state index is 0.0851. The minimum atomic E-state index is -0.355. The second-order valence-corrected chi connectivity index (χ2v) is 9.20. The average Bonchev–Trinajstić information content (AvgIpc) is 3.56. The summed E-state index contributed by atoms with van der Waals surface area (Å²) in [6, 6.07) is 16.5. The number of aromatic nitrogens is 2. The van der Waals surface area contributed by atoms with Crippen LogP contribution in [-0.4, -0.2) is 20.3 Å². The van der Waals surface area contributed by atoms with E-state index in [0.29, 0.717) is 23.8 Å². The number of benzene rings is 2. The SMILES string of the molecule is O=C(CC1CC1)c1ccc2c(Sc3ccccc3[N+](=O)[O-])cn(Cc3cccnc3)c2c1. The summed E-state index contributed by atoms with van der Waals surface area (Å²) in [6.07, 6.45) is 8.45. The zero-order valence-corrected chi connectivity index (χ0v) is 18.1. The highest BCUT2D eigenvalue weighted by atomic mass is 32.2. The molecule has 160 valence electrons. The highest BCUT2D eigenvalue weighted by Gasteiger charge is 2.25. The molecule has 0 spiro atoms. The van der Waals surface area contributed by atoms with Gasteiger partial charge in [-0.15, -0.1) is 0 Å². The van der Waals surface area contributed by atoms with Crippen molar-refractivity contribution in [3.05, 3.63) is 94.4 Å². The molecule has 4 aromatic rings. The molecule has 0 saturated heterocycles. The van der Waals surface area contributed by atoms with Crippen LogP contribution in [0.1, 0.15) is 35.2 Å². The molecule has 0 unspecified atom stereocenters. The Morgan fingerprint density at radius 1 is 1.12 bits per heavy atom. The van der Waals surface area contributed by atoms with Crippen LogP contribution in [0, 0.1) is 16.0 Å². The summed E-state index contributed by atoms with van der Waals surface area (Å²) >= 11 is 1.38. The zero-order chi connectivity index (χ0) is 22.1. The average molecular weight is 444 g/mol. The molecule has 1 fully saturated rings. The van der Waals surface area contributed by atoms with Crippen molar-refractivity contribution in [2.45, 2.75) is 35.6 Å². The Bertz CT molecular complexity index is 1310. The molecular weight excluding hydrogens is 422 g/mol. The lowest BCUT2D eigenvalue weighted by molar-refractivity contribution is -0.387. The minimum Gasteiger partial charge on any atom is -0.342 e. The first-order chi connectivity index (χ1) is 15.6. The van der Waals surface area contributed by atoms with Gasteiger partial charge in [-0.25, -0.2) is 0 Å². The van der Waals surface area contributed by atoms with Gasteiger partial charge in [-0.1, -0.05) is 42.1 Å². The fourth-order valence-corrected chi connectivity index (χ4v) is 4.94. The Morgan fingerprint density at radius 2 is 1.97 bits per heavy atom. The number of rotatable bonds is 8. The van der Waals surface area contributed by atoms with Gasteiger partial charge in [0.1, 0.15) is 0 Å². The Hall–Kier alpha value is -3.45. The highest BCUT2D eigenvalue weighted by Crippen LogP contribution is 2.40. The molecule has 0 atom stereocenters. The Morgan fingerprint density at radius 3 is 2.72 bits per heavy atom. The number of nitro benzene ring substituents is 1.